The molecule has 2 aromatic rings. The Labute approximate surface area is 105 Å². The molecule has 90 valence electrons. The van der Waals surface area contributed by atoms with Crippen molar-refractivity contribution < 1.29 is 0 Å². The molecule has 0 saturated heterocycles. The summed E-state index contributed by atoms with van der Waals surface area (Å²) in [6.07, 6.45) is 4.53. The van der Waals surface area contributed by atoms with Gasteiger partial charge in [-0.15, -0.1) is 11.3 Å². The summed E-state index contributed by atoms with van der Waals surface area (Å²) in [5, 5.41) is 6.42. The predicted molar refractivity (Wildman–Crippen MR) is 69.1 cm³/mol. The molecule has 0 saturated carbocycles. The highest BCUT2D eigenvalue weighted by molar-refractivity contribution is 7.09. The quantitative estimate of drug-likeness (QED) is 0.899. The van der Waals surface area contributed by atoms with E-state index in [0.717, 1.165) is 28.5 Å². The smallest absolute Gasteiger partial charge is 0.145 e. The molecule has 0 aliphatic heterocycles. The lowest BCUT2D eigenvalue weighted by molar-refractivity contribution is 0.555. The summed E-state index contributed by atoms with van der Waals surface area (Å²) in [6.45, 7) is 4.00. The highest BCUT2D eigenvalue weighted by Crippen LogP contribution is 2.17. The van der Waals surface area contributed by atoms with E-state index < -0.39 is 0 Å². The Bertz CT molecular complexity index is 478. The molecule has 2 heterocycles. The van der Waals surface area contributed by atoms with E-state index in [0.29, 0.717) is 0 Å². The van der Waals surface area contributed by atoms with Crippen LogP contribution in [0.5, 0.6) is 0 Å². The van der Waals surface area contributed by atoms with Crippen molar-refractivity contribution >= 4 is 11.3 Å². The van der Waals surface area contributed by atoms with Crippen LogP contribution in [0.15, 0.2) is 17.8 Å². The molecule has 4 nitrogen and oxygen atoms in total. The van der Waals surface area contributed by atoms with Crippen LogP contribution in [-0.2, 0) is 6.42 Å². The normalized spacial score (nSPS) is 12.6. The molecular formula is C12H16N4S. The Kier molecular flexibility index (Phi) is 3.81. The zero-order chi connectivity index (χ0) is 12.3. The van der Waals surface area contributed by atoms with Crippen molar-refractivity contribution in [2.75, 3.05) is 7.05 Å². The van der Waals surface area contributed by atoms with Gasteiger partial charge in [-0.2, -0.15) is 0 Å². The molecule has 0 bridgehead atoms. The van der Waals surface area contributed by atoms with E-state index in [1.54, 1.807) is 11.3 Å². The van der Waals surface area contributed by atoms with Crippen LogP contribution < -0.4 is 5.32 Å². The Hall–Kier alpha value is -1.33. The number of aryl methyl sites for hydroxylation is 2. The third-order valence-corrected chi connectivity index (χ3v) is 3.50. The first-order valence-corrected chi connectivity index (χ1v) is 6.44. The van der Waals surface area contributed by atoms with Crippen LogP contribution >= 0.6 is 11.3 Å². The second-order valence-electron chi connectivity index (χ2n) is 4.05. The Morgan fingerprint density at radius 2 is 2.00 bits per heavy atom. The minimum absolute atomic E-state index is 0.126. The van der Waals surface area contributed by atoms with Crippen LogP contribution in [0.4, 0.5) is 0 Å². The predicted octanol–water partition coefficient (Wildman–Crippen LogP) is 2.05. The van der Waals surface area contributed by atoms with Crippen LogP contribution in [0.25, 0.3) is 0 Å². The van der Waals surface area contributed by atoms with E-state index in [2.05, 4.69) is 25.6 Å². The van der Waals surface area contributed by atoms with Gasteiger partial charge in [0.05, 0.1) is 11.0 Å². The third kappa shape index (κ3) is 3.08. The van der Waals surface area contributed by atoms with Crippen molar-refractivity contribution in [3.8, 4) is 0 Å². The van der Waals surface area contributed by atoms with Gasteiger partial charge in [0.15, 0.2) is 0 Å². The molecule has 1 N–H and O–H groups in total. The number of likely N-dealkylation sites (N-methyl/N-ethyl adjacent to an activating group) is 1. The topological polar surface area (TPSA) is 50.7 Å². The van der Waals surface area contributed by atoms with E-state index in [1.165, 1.54) is 0 Å². The fraction of sp³-hybridized carbons (Fsp3) is 0.417. The number of hydrogen-bond acceptors (Lipinski definition) is 5. The van der Waals surface area contributed by atoms with Gasteiger partial charge in [0.25, 0.3) is 0 Å². The fourth-order valence-corrected chi connectivity index (χ4v) is 2.39. The molecule has 17 heavy (non-hydrogen) atoms. The standard InChI is InChI=1S/C12H16N4S/c1-8-5-14-12(15-6-8)10(13-3)4-11-16-9(2)7-17-11/h5-7,10,13H,4H2,1-3H3. The number of aromatic nitrogens is 3. The van der Waals surface area contributed by atoms with Crippen LogP contribution in [-0.4, -0.2) is 22.0 Å². The number of hydrogen-bond donors (Lipinski definition) is 1. The Balaban J connectivity index is 2.13. The van der Waals surface area contributed by atoms with Crippen molar-refractivity contribution in [3.05, 3.63) is 39.9 Å². The first-order chi connectivity index (χ1) is 8.19. The van der Waals surface area contributed by atoms with Gasteiger partial charge in [-0.1, -0.05) is 0 Å². The Morgan fingerprint density at radius 3 is 2.53 bits per heavy atom. The molecule has 5 heteroatoms. The van der Waals surface area contributed by atoms with E-state index in [1.807, 2.05) is 33.3 Å². The molecule has 1 unspecified atom stereocenters. The van der Waals surface area contributed by atoms with Crippen LogP contribution in [0.1, 0.15) is 28.1 Å². The molecule has 0 aliphatic carbocycles. The summed E-state index contributed by atoms with van der Waals surface area (Å²) >= 11 is 1.68. The first-order valence-electron chi connectivity index (χ1n) is 5.56. The van der Waals surface area contributed by atoms with Gasteiger partial charge in [-0.25, -0.2) is 15.0 Å². The highest BCUT2D eigenvalue weighted by atomic mass is 32.1. The maximum Gasteiger partial charge on any atom is 0.145 e. The van der Waals surface area contributed by atoms with Crippen molar-refractivity contribution in [1.29, 1.82) is 0 Å². The van der Waals surface area contributed by atoms with Crippen LogP contribution in [0.2, 0.25) is 0 Å². The number of nitrogens with one attached hydrogen (secondary N) is 1. The van der Waals surface area contributed by atoms with E-state index in [4.69, 9.17) is 0 Å². The van der Waals surface area contributed by atoms with Crippen molar-refractivity contribution in [3.63, 3.8) is 0 Å². The average molecular weight is 248 g/mol. The Morgan fingerprint density at radius 1 is 1.29 bits per heavy atom. The summed E-state index contributed by atoms with van der Waals surface area (Å²) in [5.41, 5.74) is 2.15. The van der Waals surface area contributed by atoms with Gasteiger partial charge < -0.3 is 5.32 Å². The fourth-order valence-electron chi connectivity index (χ4n) is 1.58. The lowest BCUT2D eigenvalue weighted by atomic mass is 10.2. The number of nitrogens with zero attached hydrogens (tertiary/aromatic N) is 3. The summed E-state index contributed by atoms with van der Waals surface area (Å²) in [4.78, 5) is 13.2. The van der Waals surface area contributed by atoms with Gasteiger partial charge in [-0.05, 0) is 26.5 Å². The molecule has 0 spiro atoms. The monoisotopic (exact) mass is 248 g/mol. The molecule has 0 aliphatic rings. The van der Waals surface area contributed by atoms with Gasteiger partial charge >= 0.3 is 0 Å². The maximum atomic E-state index is 4.46. The summed E-state index contributed by atoms with van der Waals surface area (Å²) in [7, 11) is 1.92. The maximum absolute atomic E-state index is 4.46. The van der Waals surface area contributed by atoms with Gasteiger partial charge in [0, 0.05) is 29.9 Å². The second kappa shape index (κ2) is 5.33. The van der Waals surface area contributed by atoms with Gasteiger partial charge in [0.2, 0.25) is 0 Å². The van der Waals surface area contributed by atoms with Crippen LogP contribution in [0.3, 0.4) is 0 Å². The molecule has 0 fully saturated rings. The molecule has 2 aromatic heterocycles. The summed E-state index contributed by atoms with van der Waals surface area (Å²) in [6, 6.07) is 0.126. The zero-order valence-corrected chi connectivity index (χ0v) is 11.1. The summed E-state index contributed by atoms with van der Waals surface area (Å²) < 4.78 is 0. The number of thiazole rings is 1. The number of rotatable bonds is 4. The van der Waals surface area contributed by atoms with E-state index in [9.17, 15) is 0 Å². The summed E-state index contributed by atoms with van der Waals surface area (Å²) in [5.74, 6) is 0.825. The van der Waals surface area contributed by atoms with Gasteiger partial charge in [-0.3, -0.25) is 0 Å². The van der Waals surface area contributed by atoms with E-state index >= 15 is 0 Å². The minimum Gasteiger partial charge on any atom is -0.310 e. The average Bonchev–Trinajstić information content (AvgIpc) is 2.73. The zero-order valence-electron chi connectivity index (χ0n) is 10.3. The lowest BCUT2D eigenvalue weighted by Crippen LogP contribution is -2.21. The largest absolute Gasteiger partial charge is 0.310 e. The SMILES string of the molecule is CNC(Cc1nc(C)cs1)c1ncc(C)cn1. The molecule has 0 amide bonds. The molecule has 1 atom stereocenters. The molecule has 0 aromatic carbocycles. The third-order valence-electron chi connectivity index (χ3n) is 2.51. The van der Waals surface area contributed by atoms with Gasteiger partial charge in [0.1, 0.15) is 5.82 Å². The van der Waals surface area contributed by atoms with Crippen molar-refractivity contribution in [1.82, 2.24) is 20.3 Å². The van der Waals surface area contributed by atoms with Crippen molar-refractivity contribution in [2.45, 2.75) is 26.3 Å². The first kappa shape index (κ1) is 12.1. The second-order valence-corrected chi connectivity index (χ2v) is 4.99. The molecule has 2 rings (SSSR count). The van der Waals surface area contributed by atoms with Crippen LogP contribution in [0, 0.1) is 13.8 Å². The lowest BCUT2D eigenvalue weighted by Gasteiger charge is -2.12. The van der Waals surface area contributed by atoms with Crippen molar-refractivity contribution in [2.24, 2.45) is 0 Å². The highest BCUT2D eigenvalue weighted by Gasteiger charge is 2.14. The molecule has 0 radical (unpaired) electrons. The minimum atomic E-state index is 0.126. The molecular weight excluding hydrogens is 232 g/mol. The van der Waals surface area contributed by atoms with E-state index in [-0.39, 0.29) is 6.04 Å².